The molecule has 9 heteroatoms. The normalized spacial score (nSPS) is 10.3. The van der Waals surface area contributed by atoms with E-state index in [2.05, 4.69) is 25.7 Å². The van der Waals surface area contributed by atoms with E-state index in [0.29, 0.717) is 17.3 Å². The lowest BCUT2D eigenvalue weighted by molar-refractivity contribution is 0.262. The van der Waals surface area contributed by atoms with Crippen LogP contribution in [0.3, 0.4) is 0 Å². The van der Waals surface area contributed by atoms with Crippen molar-refractivity contribution < 1.29 is 9.18 Å². The number of hydrogen-bond donors (Lipinski definition) is 2. The largest absolute Gasteiger partial charge is 0.323 e. The molecule has 0 saturated heterocycles. The zero-order chi connectivity index (χ0) is 16.2. The summed E-state index contributed by atoms with van der Waals surface area (Å²) in [4.78, 5) is 20.0. The molecule has 2 aromatic heterocycles. The lowest BCUT2D eigenvalue weighted by atomic mass is 10.3. The Labute approximate surface area is 135 Å². The fourth-order valence-corrected chi connectivity index (χ4v) is 1.95. The van der Waals surface area contributed by atoms with Crippen LogP contribution < -0.4 is 10.6 Å². The van der Waals surface area contributed by atoms with Crippen molar-refractivity contribution in [1.29, 1.82) is 0 Å². The Balaban J connectivity index is 1.66. The molecular weight excluding hydrogens is 323 g/mol. The number of halogens is 2. The quantitative estimate of drug-likeness (QED) is 0.771. The number of hydrogen-bond acceptors (Lipinski definition) is 4. The van der Waals surface area contributed by atoms with Gasteiger partial charge in [-0.1, -0.05) is 11.6 Å². The van der Waals surface area contributed by atoms with E-state index in [4.69, 9.17) is 11.6 Å². The van der Waals surface area contributed by atoms with E-state index >= 15 is 0 Å². The first-order chi connectivity index (χ1) is 11.1. The smallest absolute Gasteiger partial charge is 0.308 e. The molecule has 0 fully saturated rings. The zero-order valence-corrected chi connectivity index (χ0v) is 12.3. The predicted molar refractivity (Wildman–Crippen MR) is 83.2 cm³/mol. The Hall–Kier alpha value is -3.00. The zero-order valence-electron chi connectivity index (χ0n) is 11.6. The first kappa shape index (κ1) is 14.9. The molecule has 3 aromatic rings. The van der Waals surface area contributed by atoms with Crippen molar-refractivity contribution >= 4 is 29.0 Å². The van der Waals surface area contributed by atoms with Crippen molar-refractivity contribution in [3.05, 3.63) is 59.9 Å². The molecule has 0 saturated carbocycles. The number of urea groups is 1. The summed E-state index contributed by atoms with van der Waals surface area (Å²) in [5, 5.41) is 9.11. The number of rotatable bonds is 3. The minimum atomic E-state index is -0.554. The molecule has 0 radical (unpaired) electrons. The van der Waals surface area contributed by atoms with Crippen LogP contribution in [0.15, 0.2) is 49.1 Å². The van der Waals surface area contributed by atoms with Gasteiger partial charge >= 0.3 is 6.03 Å². The van der Waals surface area contributed by atoms with Gasteiger partial charge in [-0.05, 0) is 24.3 Å². The van der Waals surface area contributed by atoms with Crippen LogP contribution in [-0.4, -0.2) is 25.8 Å². The molecule has 116 valence electrons. The molecule has 7 nitrogen and oxygen atoms in total. The Bertz CT molecular complexity index is 838. The first-order valence-corrected chi connectivity index (χ1v) is 6.85. The van der Waals surface area contributed by atoms with E-state index in [1.807, 2.05) is 0 Å². The lowest BCUT2D eigenvalue weighted by Gasteiger charge is -2.06. The minimum absolute atomic E-state index is 0.0724. The molecule has 23 heavy (non-hydrogen) atoms. The number of amides is 2. The van der Waals surface area contributed by atoms with Gasteiger partial charge in [-0.3, -0.25) is 0 Å². The summed E-state index contributed by atoms with van der Waals surface area (Å²) in [6.45, 7) is 0. The molecule has 2 amide bonds. The first-order valence-electron chi connectivity index (χ1n) is 6.47. The van der Waals surface area contributed by atoms with Gasteiger partial charge in [0.1, 0.15) is 5.82 Å². The molecular formula is C14H10ClFN6O. The molecule has 0 atom stereocenters. The number of anilines is 2. The van der Waals surface area contributed by atoms with Gasteiger partial charge in [-0.25, -0.2) is 23.8 Å². The highest BCUT2D eigenvalue weighted by Gasteiger charge is 2.08. The van der Waals surface area contributed by atoms with Gasteiger partial charge in [0.05, 0.1) is 23.1 Å². The number of aromatic nitrogens is 4. The SMILES string of the molecule is O=C(Nc1ccc(F)c(Cl)c1)Nc1cnn(-c2ncccn2)c1. The maximum Gasteiger partial charge on any atom is 0.323 e. The standard InChI is InChI=1S/C14H10ClFN6O/c15-11-6-9(2-3-12(11)16)20-14(23)21-10-7-19-22(8-10)13-17-4-1-5-18-13/h1-8H,(H2,20,21,23). The molecule has 2 N–H and O–H groups in total. The van der Waals surface area contributed by atoms with Gasteiger partial charge in [-0.2, -0.15) is 5.10 Å². The number of carbonyl (C=O) groups excluding carboxylic acids is 1. The van der Waals surface area contributed by atoms with Crippen LogP contribution in [0, 0.1) is 5.82 Å². The summed E-state index contributed by atoms with van der Waals surface area (Å²) < 4.78 is 14.5. The van der Waals surface area contributed by atoms with Crippen LogP contribution in [0.1, 0.15) is 0 Å². The molecule has 1 aromatic carbocycles. The second kappa shape index (κ2) is 6.41. The summed E-state index contributed by atoms with van der Waals surface area (Å²) in [7, 11) is 0. The minimum Gasteiger partial charge on any atom is -0.308 e. The molecule has 0 aliphatic rings. The van der Waals surface area contributed by atoms with Crippen molar-refractivity contribution in [3.8, 4) is 5.95 Å². The fraction of sp³-hybridized carbons (Fsp3) is 0. The van der Waals surface area contributed by atoms with Gasteiger partial charge in [0.25, 0.3) is 0 Å². The van der Waals surface area contributed by atoms with Gasteiger partial charge in [0.2, 0.25) is 5.95 Å². The third-order valence-corrected chi connectivity index (χ3v) is 3.06. The second-order valence-corrected chi connectivity index (χ2v) is 4.84. The van der Waals surface area contributed by atoms with Gasteiger partial charge in [0.15, 0.2) is 0 Å². The summed E-state index contributed by atoms with van der Waals surface area (Å²) >= 11 is 5.65. The van der Waals surface area contributed by atoms with Gasteiger partial charge in [-0.15, -0.1) is 0 Å². The van der Waals surface area contributed by atoms with Crippen molar-refractivity contribution in [1.82, 2.24) is 19.7 Å². The Morgan fingerprint density at radius 3 is 2.65 bits per heavy atom. The monoisotopic (exact) mass is 332 g/mol. The van der Waals surface area contributed by atoms with E-state index in [1.54, 1.807) is 24.7 Å². The third-order valence-electron chi connectivity index (χ3n) is 2.77. The average molecular weight is 333 g/mol. The van der Waals surface area contributed by atoms with Crippen LogP contribution >= 0.6 is 11.6 Å². The third kappa shape index (κ3) is 3.61. The number of nitrogens with one attached hydrogen (secondary N) is 2. The van der Waals surface area contributed by atoms with Crippen molar-refractivity contribution in [2.75, 3.05) is 10.6 Å². The second-order valence-electron chi connectivity index (χ2n) is 4.43. The number of benzene rings is 1. The van der Waals surface area contributed by atoms with Crippen LogP contribution in [0.25, 0.3) is 5.95 Å². The lowest BCUT2D eigenvalue weighted by Crippen LogP contribution is -2.19. The Kier molecular flexibility index (Phi) is 4.15. The van der Waals surface area contributed by atoms with E-state index in [1.165, 1.54) is 29.1 Å². The molecule has 0 aliphatic carbocycles. The van der Waals surface area contributed by atoms with E-state index in [9.17, 15) is 9.18 Å². The summed E-state index contributed by atoms with van der Waals surface area (Å²) in [5.41, 5.74) is 0.816. The Morgan fingerprint density at radius 2 is 1.91 bits per heavy atom. The molecule has 0 spiro atoms. The average Bonchev–Trinajstić information content (AvgIpc) is 3.00. The topological polar surface area (TPSA) is 84.7 Å². The van der Waals surface area contributed by atoms with Gasteiger partial charge in [0, 0.05) is 18.1 Å². The number of carbonyl (C=O) groups is 1. The maximum absolute atomic E-state index is 13.1. The van der Waals surface area contributed by atoms with Crippen LogP contribution in [-0.2, 0) is 0 Å². The Morgan fingerprint density at radius 1 is 1.17 bits per heavy atom. The highest BCUT2D eigenvalue weighted by molar-refractivity contribution is 6.31. The maximum atomic E-state index is 13.1. The van der Waals surface area contributed by atoms with Crippen LogP contribution in [0.4, 0.5) is 20.6 Å². The molecule has 0 aliphatic heterocycles. The highest BCUT2D eigenvalue weighted by atomic mass is 35.5. The molecule has 2 heterocycles. The molecule has 0 bridgehead atoms. The van der Waals surface area contributed by atoms with Crippen molar-refractivity contribution in [2.45, 2.75) is 0 Å². The van der Waals surface area contributed by atoms with Crippen LogP contribution in [0.5, 0.6) is 0 Å². The van der Waals surface area contributed by atoms with Crippen molar-refractivity contribution in [2.24, 2.45) is 0 Å². The van der Waals surface area contributed by atoms with E-state index < -0.39 is 11.8 Å². The summed E-state index contributed by atoms with van der Waals surface area (Å²) in [6, 6.07) is 5.07. The summed E-state index contributed by atoms with van der Waals surface area (Å²) in [5.74, 6) is -0.173. The molecule has 3 rings (SSSR count). The fourth-order valence-electron chi connectivity index (χ4n) is 1.77. The van der Waals surface area contributed by atoms with Crippen molar-refractivity contribution in [3.63, 3.8) is 0 Å². The van der Waals surface area contributed by atoms with Gasteiger partial charge < -0.3 is 10.6 Å². The molecule has 0 unspecified atom stereocenters. The summed E-state index contributed by atoms with van der Waals surface area (Å²) in [6.07, 6.45) is 6.18. The predicted octanol–water partition coefficient (Wildman–Crippen LogP) is 3.10. The van der Waals surface area contributed by atoms with Crippen LogP contribution in [0.2, 0.25) is 5.02 Å². The highest BCUT2D eigenvalue weighted by Crippen LogP contribution is 2.19. The van der Waals surface area contributed by atoms with E-state index in [0.717, 1.165) is 0 Å². The van der Waals surface area contributed by atoms with E-state index in [-0.39, 0.29) is 5.02 Å². The number of nitrogens with zero attached hydrogens (tertiary/aromatic N) is 4.